The van der Waals surface area contributed by atoms with Crippen LogP contribution < -0.4 is 10.1 Å². The first-order valence-corrected chi connectivity index (χ1v) is 11.0. The number of fused-ring (bicyclic) bond motifs is 1. The van der Waals surface area contributed by atoms with E-state index in [1.54, 1.807) is 11.0 Å². The van der Waals surface area contributed by atoms with Gasteiger partial charge in [0.2, 0.25) is 0 Å². The van der Waals surface area contributed by atoms with Crippen LogP contribution in [0.3, 0.4) is 0 Å². The van der Waals surface area contributed by atoms with Gasteiger partial charge in [-0.15, -0.1) is 0 Å². The van der Waals surface area contributed by atoms with E-state index in [1.807, 2.05) is 67.7 Å². The second-order valence-corrected chi connectivity index (χ2v) is 8.06. The van der Waals surface area contributed by atoms with Crippen LogP contribution in [0.4, 0.5) is 0 Å². The first kappa shape index (κ1) is 21.6. The molecule has 0 aromatic heterocycles. The molecule has 0 unspecified atom stereocenters. The molecule has 0 saturated carbocycles. The molecule has 1 heterocycles. The Bertz CT molecular complexity index is 1070. The fourth-order valence-electron chi connectivity index (χ4n) is 4.11. The highest BCUT2D eigenvalue weighted by Crippen LogP contribution is 2.29. The van der Waals surface area contributed by atoms with Gasteiger partial charge in [-0.1, -0.05) is 60.7 Å². The number of amides is 2. The second kappa shape index (κ2) is 10.1. The smallest absolute Gasteiger partial charge is 0.255 e. The summed E-state index contributed by atoms with van der Waals surface area (Å²) in [5.41, 5.74) is 3.47. The molecule has 0 fully saturated rings. The third-order valence-electron chi connectivity index (χ3n) is 5.93. The average molecular weight is 429 g/mol. The van der Waals surface area contributed by atoms with Gasteiger partial charge in [0.1, 0.15) is 5.75 Å². The van der Waals surface area contributed by atoms with Crippen LogP contribution in [-0.4, -0.2) is 43.0 Å². The summed E-state index contributed by atoms with van der Waals surface area (Å²) in [6.45, 7) is 1.08. The number of carbonyl (C=O) groups excluding carboxylic acids is 2. The first-order chi connectivity index (χ1) is 15.6. The van der Waals surface area contributed by atoms with Gasteiger partial charge in [-0.05, 0) is 42.2 Å². The third-order valence-corrected chi connectivity index (χ3v) is 5.93. The van der Waals surface area contributed by atoms with Crippen LogP contribution >= 0.6 is 0 Å². The largest absolute Gasteiger partial charge is 0.492 e. The number of carbonyl (C=O) groups is 2. The molecule has 0 radical (unpaired) electrons. The molecule has 1 N–H and O–H groups in total. The van der Waals surface area contributed by atoms with Gasteiger partial charge in [-0.3, -0.25) is 9.59 Å². The van der Waals surface area contributed by atoms with Crippen molar-refractivity contribution in [1.29, 1.82) is 0 Å². The van der Waals surface area contributed by atoms with E-state index in [-0.39, 0.29) is 17.9 Å². The number of hydrogen-bond donors (Lipinski definition) is 1. The third kappa shape index (κ3) is 4.99. The van der Waals surface area contributed by atoms with Crippen LogP contribution in [0.5, 0.6) is 5.75 Å². The van der Waals surface area contributed by atoms with Crippen molar-refractivity contribution < 1.29 is 14.3 Å². The summed E-state index contributed by atoms with van der Waals surface area (Å²) in [6.07, 6.45) is 2.20. The highest BCUT2D eigenvalue weighted by molar-refractivity contribution is 5.97. The van der Waals surface area contributed by atoms with Gasteiger partial charge >= 0.3 is 0 Å². The standard InChI is InChI=1S/C27H28N2O3/c1-29(27(31)22-11-6-3-7-12-22)23(19-20-9-4-2-5-10-20)15-17-28-26(30)24-14-8-13-21-16-18-32-25(21)24/h2-14,23H,15-19H2,1H3,(H,28,30)/t23-/m1/s1. The molecule has 0 aliphatic carbocycles. The number of rotatable bonds is 8. The van der Waals surface area contributed by atoms with Gasteiger partial charge in [0, 0.05) is 31.6 Å². The molecule has 0 spiro atoms. The normalized spacial score (nSPS) is 13.0. The van der Waals surface area contributed by atoms with Crippen molar-refractivity contribution in [1.82, 2.24) is 10.2 Å². The topological polar surface area (TPSA) is 58.6 Å². The fraction of sp³-hybridized carbons (Fsp3) is 0.259. The minimum Gasteiger partial charge on any atom is -0.492 e. The van der Waals surface area contributed by atoms with E-state index in [1.165, 1.54) is 0 Å². The molecule has 0 saturated heterocycles. The molecular formula is C27H28N2O3. The quantitative estimate of drug-likeness (QED) is 0.587. The minimum atomic E-state index is -0.140. The van der Waals surface area contributed by atoms with E-state index in [9.17, 15) is 9.59 Å². The molecule has 1 aliphatic rings. The Morgan fingerprint density at radius 3 is 2.44 bits per heavy atom. The van der Waals surface area contributed by atoms with E-state index in [4.69, 9.17) is 4.74 Å². The second-order valence-electron chi connectivity index (χ2n) is 8.06. The molecular weight excluding hydrogens is 400 g/mol. The molecule has 5 heteroatoms. The van der Waals surface area contributed by atoms with E-state index >= 15 is 0 Å². The maximum atomic E-state index is 13.0. The summed E-state index contributed by atoms with van der Waals surface area (Å²) in [5, 5.41) is 3.02. The maximum absolute atomic E-state index is 13.0. The molecule has 2 amide bonds. The van der Waals surface area contributed by atoms with Crippen LogP contribution in [-0.2, 0) is 12.8 Å². The Kier molecular flexibility index (Phi) is 6.85. The van der Waals surface area contributed by atoms with Crippen molar-refractivity contribution in [3.05, 3.63) is 101 Å². The minimum absolute atomic E-state index is 0.0212. The zero-order valence-corrected chi connectivity index (χ0v) is 18.3. The van der Waals surface area contributed by atoms with Gasteiger partial charge in [-0.25, -0.2) is 0 Å². The molecule has 4 rings (SSSR count). The number of para-hydroxylation sites is 1. The Balaban J connectivity index is 1.44. The van der Waals surface area contributed by atoms with Gasteiger partial charge < -0.3 is 15.0 Å². The molecule has 3 aromatic rings. The molecule has 3 aromatic carbocycles. The monoisotopic (exact) mass is 428 g/mol. The summed E-state index contributed by atoms with van der Waals surface area (Å²) in [6, 6.07) is 25.1. The van der Waals surface area contributed by atoms with Gasteiger partial charge in [-0.2, -0.15) is 0 Å². The lowest BCUT2D eigenvalue weighted by Crippen LogP contribution is -2.41. The van der Waals surface area contributed by atoms with Gasteiger partial charge in [0.15, 0.2) is 0 Å². The molecule has 32 heavy (non-hydrogen) atoms. The summed E-state index contributed by atoms with van der Waals surface area (Å²) in [5.74, 6) is 0.536. The van der Waals surface area contributed by atoms with E-state index in [0.717, 1.165) is 24.0 Å². The van der Waals surface area contributed by atoms with Crippen molar-refractivity contribution in [2.45, 2.75) is 25.3 Å². The van der Waals surface area contributed by atoms with Crippen LogP contribution in [0.15, 0.2) is 78.9 Å². The van der Waals surface area contributed by atoms with Crippen molar-refractivity contribution in [2.24, 2.45) is 0 Å². The number of hydrogen-bond acceptors (Lipinski definition) is 3. The van der Waals surface area contributed by atoms with Crippen molar-refractivity contribution >= 4 is 11.8 Å². The Morgan fingerprint density at radius 1 is 0.969 bits per heavy atom. The molecule has 5 nitrogen and oxygen atoms in total. The number of benzene rings is 3. The molecule has 0 bridgehead atoms. The van der Waals surface area contributed by atoms with Crippen LogP contribution in [0, 0.1) is 0 Å². The van der Waals surface area contributed by atoms with Crippen molar-refractivity contribution in [2.75, 3.05) is 20.2 Å². The van der Waals surface area contributed by atoms with E-state index < -0.39 is 0 Å². The average Bonchev–Trinajstić information content (AvgIpc) is 3.32. The highest BCUT2D eigenvalue weighted by atomic mass is 16.5. The predicted molar refractivity (Wildman–Crippen MR) is 125 cm³/mol. The van der Waals surface area contributed by atoms with E-state index in [2.05, 4.69) is 17.4 Å². The molecule has 1 atom stereocenters. The Hall–Kier alpha value is -3.60. The lowest BCUT2D eigenvalue weighted by atomic mass is 10.0. The van der Waals surface area contributed by atoms with E-state index in [0.29, 0.717) is 36.4 Å². The number of nitrogens with zero attached hydrogens (tertiary/aromatic N) is 1. The van der Waals surface area contributed by atoms with Crippen molar-refractivity contribution in [3.63, 3.8) is 0 Å². The predicted octanol–water partition coefficient (Wildman–Crippen LogP) is 4.12. The Labute approximate surface area is 189 Å². The zero-order chi connectivity index (χ0) is 22.3. The SMILES string of the molecule is CN(C(=O)c1ccccc1)[C@H](CCNC(=O)c1cccc2c1OCC2)Cc1ccccc1. The van der Waals surface area contributed by atoms with Crippen LogP contribution in [0.1, 0.15) is 38.3 Å². The maximum Gasteiger partial charge on any atom is 0.255 e. The molecule has 164 valence electrons. The lowest BCUT2D eigenvalue weighted by molar-refractivity contribution is 0.0723. The first-order valence-electron chi connectivity index (χ1n) is 11.0. The fourth-order valence-corrected chi connectivity index (χ4v) is 4.11. The summed E-state index contributed by atoms with van der Waals surface area (Å²) >= 11 is 0. The number of ether oxygens (including phenoxy) is 1. The van der Waals surface area contributed by atoms with Crippen LogP contribution in [0.2, 0.25) is 0 Å². The highest BCUT2D eigenvalue weighted by Gasteiger charge is 2.23. The zero-order valence-electron chi connectivity index (χ0n) is 18.3. The van der Waals surface area contributed by atoms with Crippen LogP contribution in [0.25, 0.3) is 0 Å². The number of nitrogens with one attached hydrogen (secondary N) is 1. The van der Waals surface area contributed by atoms with Crippen molar-refractivity contribution in [3.8, 4) is 5.75 Å². The summed E-state index contributed by atoms with van der Waals surface area (Å²) in [7, 11) is 1.84. The summed E-state index contributed by atoms with van der Waals surface area (Å²) in [4.78, 5) is 27.6. The van der Waals surface area contributed by atoms with Gasteiger partial charge in [0.25, 0.3) is 11.8 Å². The van der Waals surface area contributed by atoms with Gasteiger partial charge in [0.05, 0.1) is 12.2 Å². The summed E-state index contributed by atoms with van der Waals surface area (Å²) < 4.78 is 5.66. The number of likely N-dealkylation sites (N-methyl/N-ethyl adjacent to an activating group) is 1. The lowest BCUT2D eigenvalue weighted by Gasteiger charge is -2.29. The molecule has 1 aliphatic heterocycles. The Morgan fingerprint density at radius 2 is 1.69 bits per heavy atom.